The molecule has 0 amide bonds. The van der Waals surface area contributed by atoms with Crippen LogP contribution < -0.4 is 0 Å². The minimum atomic E-state index is -4.66. The molecule has 0 aliphatic carbocycles. The molecule has 2 N–H and O–H groups in total. The zero-order valence-electron chi connectivity index (χ0n) is 12.5. The van der Waals surface area contributed by atoms with Gasteiger partial charge >= 0.3 is 6.18 Å². The lowest BCUT2D eigenvalue weighted by Crippen LogP contribution is -2.10. The molecule has 0 aliphatic rings. The van der Waals surface area contributed by atoms with E-state index in [-0.39, 0.29) is 27.1 Å². The lowest BCUT2D eigenvalue weighted by molar-refractivity contribution is -0.137. The van der Waals surface area contributed by atoms with Crippen LogP contribution in [0.5, 0.6) is 11.8 Å². The molecule has 2 heterocycles. The molecule has 0 spiro atoms. The maximum Gasteiger partial charge on any atom is 0.416 e. The van der Waals surface area contributed by atoms with E-state index in [4.69, 9.17) is 23.2 Å². The van der Waals surface area contributed by atoms with Crippen molar-refractivity contribution in [3.8, 4) is 29.3 Å². The van der Waals surface area contributed by atoms with Gasteiger partial charge in [0, 0.05) is 12.1 Å². The van der Waals surface area contributed by atoms with Crippen molar-refractivity contribution in [3.63, 3.8) is 0 Å². The molecule has 0 saturated heterocycles. The molecule has 26 heavy (non-hydrogen) atoms. The van der Waals surface area contributed by atoms with E-state index in [0.717, 1.165) is 27.6 Å². The number of nitrogens with zero attached hydrogens (tertiary/aromatic N) is 4. The monoisotopic (exact) mass is 402 g/mol. The van der Waals surface area contributed by atoms with Gasteiger partial charge in [0.25, 0.3) is 0 Å². The minimum Gasteiger partial charge on any atom is -0.494 e. The number of alkyl halides is 3. The van der Waals surface area contributed by atoms with Crippen LogP contribution >= 0.6 is 23.2 Å². The SMILES string of the molecule is N#Cc1cnn(-c2c(Cl)cc(C(F)(F)F)cc2Cl)c1-n1c(O)ccc1O. The van der Waals surface area contributed by atoms with Crippen molar-refractivity contribution in [2.45, 2.75) is 6.18 Å². The molecule has 2 aromatic heterocycles. The first-order valence-corrected chi connectivity index (χ1v) is 7.55. The quantitative estimate of drug-likeness (QED) is 0.669. The first-order valence-electron chi connectivity index (χ1n) is 6.80. The Morgan fingerprint density at radius 1 is 1.08 bits per heavy atom. The largest absolute Gasteiger partial charge is 0.494 e. The van der Waals surface area contributed by atoms with Crippen molar-refractivity contribution in [1.29, 1.82) is 5.26 Å². The maximum atomic E-state index is 12.9. The van der Waals surface area contributed by atoms with Gasteiger partial charge in [-0.05, 0) is 12.1 Å². The number of aromatic nitrogens is 3. The highest BCUT2D eigenvalue weighted by Crippen LogP contribution is 2.39. The Labute approximate surface area is 153 Å². The summed E-state index contributed by atoms with van der Waals surface area (Å²) in [4.78, 5) is 0. The van der Waals surface area contributed by atoms with Crippen LogP contribution in [-0.4, -0.2) is 24.6 Å². The van der Waals surface area contributed by atoms with Crippen molar-refractivity contribution in [1.82, 2.24) is 14.3 Å². The van der Waals surface area contributed by atoms with Crippen molar-refractivity contribution in [2.24, 2.45) is 0 Å². The van der Waals surface area contributed by atoms with Gasteiger partial charge in [0.1, 0.15) is 17.3 Å². The Hall–Kier alpha value is -2.83. The Bertz CT molecular complexity index is 1010. The topological polar surface area (TPSA) is 87.0 Å². The number of nitriles is 1. The van der Waals surface area contributed by atoms with E-state index < -0.39 is 23.5 Å². The second-order valence-electron chi connectivity index (χ2n) is 5.08. The Balaban J connectivity index is 2.31. The second-order valence-corrected chi connectivity index (χ2v) is 5.89. The molecule has 0 aliphatic heterocycles. The number of hydrogen-bond donors (Lipinski definition) is 2. The summed E-state index contributed by atoms with van der Waals surface area (Å²) in [7, 11) is 0. The van der Waals surface area contributed by atoms with Crippen LogP contribution in [0, 0.1) is 11.3 Å². The number of halogens is 5. The predicted octanol–water partition coefficient (Wildman–Crippen LogP) is 4.27. The van der Waals surface area contributed by atoms with Gasteiger partial charge in [-0.3, -0.25) is 0 Å². The van der Waals surface area contributed by atoms with E-state index in [2.05, 4.69) is 5.10 Å². The summed E-state index contributed by atoms with van der Waals surface area (Å²) in [6, 6.07) is 5.45. The van der Waals surface area contributed by atoms with Crippen LogP contribution in [0.15, 0.2) is 30.5 Å². The molecule has 0 unspecified atom stereocenters. The van der Waals surface area contributed by atoms with E-state index in [1.807, 2.05) is 6.07 Å². The van der Waals surface area contributed by atoms with Crippen LogP contribution in [0.1, 0.15) is 11.1 Å². The summed E-state index contributed by atoms with van der Waals surface area (Å²) in [6.07, 6.45) is -3.56. The van der Waals surface area contributed by atoms with E-state index in [1.165, 1.54) is 0 Å². The fourth-order valence-electron chi connectivity index (χ4n) is 2.36. The number of aromatic hydroxyl groups is 2. The van der Waals surface area contributed by atoms with Crippen molar-refractivity contribution >= 4 is 23.2 Å². The Morgan fingerprint density at radius 3 is 2.08 bits per heavy atom. The van der Waals surface area contributed by atoms with Gasteiger partial charge in [-0.15, -0.1) is 0 Å². The molecular formula is C15H7Cl2F3N4O2. The normalized spacial score (nSPS) is 11.5. The van der Waals surface area contributed by atoms with Gasteiger partial charge in [0.2, 0.25) is 0 Å². The third-order valence-corrected chi connectivity index (χ3v) is 4.05. The summed E-state index contributed by atoms with van der Waals surface area (Å²) in [6.45, 7) is 0. The second kappa shape index (κ2) is 6.16. The number of benzene rings is 1. The van der Waals surface area contributed by atoms with E-state index >= 15 is 0 Å². The highest BCUT2D eigenvalue weighted by Gasteiger charge is 2.33. The predicted molar refractivity (Wildman–Crippen MR) is 86.0 cm³/mol. The molecule has 6 nitrogen and oxygen atoms in total. The summed E-state index contributed by atoms with van der Waals surface area (Å²) < 4.78 is 40.5. The van der Waals surface area contributed by atoms with Crippen LogP contribution in [0.25, 0.3) is 11.5 Å². The molecule has 1 aromatic carbocycles. The van der Waals surface area contributed by atoms with Crippen molar-refractivity contribution < 1.29 is 23.4 Å². The molecule has 0 atom stereocenters. The molecular weight excluding hydrogens is 396 g/mol. The minimum absolute atomic E-state index is 0.0844. The Morgan fingerprint density at radius 2 is 1.62 bits per heavy atom. The first-order chi connectivity index (χ1) is 12.1. The summed E-state index contributed by atoms with van der Waals surface area (Å²) >= 11 is 12.0. The molecule has 0 bridgehead atoms. The Kier molecular flexibility index (Phi) is 4.26. The van der Waals surface area contributed by atoms with Crippen LogP contribution in [0.4, 0.5) is 13.2 Å². The molecule has 3 rings (SSSR count). The van der Waals surface area contributed by atoms with Gasteiger partial charge in [0.05, 0.1) is 21.8 Å². The first kappa shape index (κ1) is 18.0. The summed E-state index contributed by atoms with van der Waals surface area (Å²) in [5, 5.41) is 32.2. The fourth-order valence-corrected chi connectivity index (χ4v) is 3.01. The number of hydrogen-bond acceptors (Lipinski definition) is 4. The highest BCUT2D eigenvalue weighted by atomic mass is 35.5. The molecule has 0 fully saturated rings. The smallest absolute Gasteiger partial charge is 0.416 e. The van der Waals surface area contributed by atoms with E-state index in [9.17, 15) is 28.6 Å². The van der Waals surface area contributed by atoms with Gasteiger partial charge in [0.15, 0.2) is 17.6 Å². The van der Waals surface area contributed by atoms with E-state index in [1.54, 1.807) is 0 Å². The highest BCUT2D eigenvalue weighted by molar-refractivity contribution is 6.37. The average molecular weight is 403 g/mol. The van der Waals surface area contributed by atoms with E-state index in [0.29, 0.717) is 12.1 Å². The third kappa shape index (κ3) is 2.83. The van der Waals surface area contributed by atoms with Crippen LogP contribution in [0.2, 0.25) is 10.0 Å². The maximum absolute atomic E-state index is 12.9. The van der Waals surface area contributed by atoms with Crippen molar-refractivity contribution in [3.05, 3.63) is 51.6 Å². The third-order valence-electron chi connectivity index (χ3n) is 3.47. The molecule has 3 aromatic rings. The molecule has 0 saturated carbocycles. The lowest BCUT2D eigenvalue weighted by atomic mass is 10.2. The standard InChI is InChI=1S/C15H7Cl2F3N4O2/c16-9-3-8(15(18,19)20)4-10(17)13(9)24-14(7(5-21)6-22-24)23-11(25)1-2-12(23)26/h1-4,6,25-26H. The van der Waals surface area contributed by atoms with Crippen LogP contribution in [-0.2, 0) is 6.18 Å². The average Bonchev–Trinajstić information content (AvgIpc) is 3.09. The fraction of sp³-hybridized carbons (Fsp3) is 0.0667. The van der Waals surface area contributed by atoms with Gasteiger partial charge < -0.3 is 10.2 Å². The molecule has 0 radical (unpaired) electrons. The van der Waals surface area contributed by atoms with Gasteiger partial charge in [-0.1, -0.05) is 23.2 Å². The van der Waals surface area contributed by atoms with Gasteiger partial charge in [-0.25, -0.2) is 9.25 Å². The zero-order valence-corrected chi connectivity index (χ0v) is 14.0. The summed E-state index contributed by atoms with van der Waals surface area (Å²) in [5.41, 5.74) is -1.29. The van der Waals surface area contributed by atoms with Crippen LogP contribution in [0.3, 0.4) is 0 Å². The molecule has 11 heteroatoms. The van der Waals surface area contributed by atoms with Crippen molar-refractivity contribution in [2.75, 3.05) is 0 Å². The molecule has 134 valence electrons. The number of rotatable bonds is 2. The lowest BCUT2D eigenvalue weighted by Gasteiger charge is -2.15. The summed E-state index contributed by atoms with van der Waals surface area (Å²) in [5.74, 6) is -1.00. The zero-order chi connectivity index (χ0) is 19.2. The van der Waals surface area contributed by atoms with Gasteiger partial charge in [-0.2, -0.15) is 23.5 Å².